The first kappa shape index (κ1) is 13.2. The van der Waals surface area contributed by atoms with E-state index in [4.69, 9.17) is 5.84 Å². The first-order valence-corrected chi connectivity index (χ1v) is 7.88. The van der Waals surface area contributed by atoms with Gasteiger partial charge in [0.25, 0.3) is 0 Å². The van der Waals surface area contributed by atoms with Gasteiger partial charge in [-0.1, -0.05) is 17.3 Å². The molecule has 2 heterocycles. The second-order valence-corrected chi connectivity index (χ2v) is 6.20. The van der Waals surface area contributed by atoms with Gasteiger partial charge in [-0.2, -0.15) is 0 Å². The number of nitrogens with one attached hydrogen (secondary N) is 1. The van der Waals surface area contributed by atoms with Crippen LogP contribution >= 0.6 is 11.5 Å². The van der Waals surface area contributed by atoms with E-state index < -0.39 is 0 Å². The number of piperazine rings is 1. The van der Waals surface area contributed by atoms with E-state index in [-0.39, 0.29) is 0 Å². The van der Waals surface area contributed by atoms with Crippen molar-refractivity contribution in [3.8, 4) is 0 Å². The summed E-state index contributed by atoms with van der Waals surface area (Å²) < 4.78 is 3.95. The molecule has 1 aromatic heterocycles. The SMILES string of the molecule is NNc1snnc1CN1CCN(C2CCCC2)CC1. The molecule has 3 N–H and O–H groups in total. The van der Waals surface area contributed by atoms with E-state index in [0.29, 0.717) is 0 Å². The monoisotopic (exact) mass is 282 g/mol. The molecule has 7 heteroatoms. The molecule has 19 heavy (non-hydrogen) atoms. The summed E-state index contributed by atoms with van der Waals surface area (Å²) in [6.07, 6.45) is 5.64. The van der Waals surface area contributed by atoms with E-state index in [1.165, 1.54) is 50.3 Å². The maximum absolute atomic E-state index is 5.46. The fraction of sp³-hybridized carbons (Fsp3) is 0.833. The molecule has 0 spiro atoms. The highest BCUT2D eigenvalue weighted by molar-refractivity contribution is 7.10. The molecule has 0 atom stereocenters. The smallest absolute Gasteiger partial charge is 0.148 e. The quantitative estimate of drug-likeness (QED) is 0.631. The number of nitrogens with zero attached hydrogens (tertiary/aromatic N) is 4. The Bertz CT molecular complexity index is 395. The lowest BCUT2D eigenvalue weighted by atomic mass is 10.2. The molecular weight excluding hydrogens is 260 g/mol. The lowest BCUT2D eigenvalue weighted by molar-refractivity contribution is 0.0930. The Labute approximate surface area is 118 Å². The van der Waals surface area contributed by atoms with Crippen LogP contribution in [0.1, 0.15) is 31.4 Å². The Kier molecular flexibility index (Phi) is 4.27. The minimum absolute atomic E-state index is 0.851. The van der Waals surface area contributed by atoms with E-state index in [1.807, 2.05) is 0 Å². The van der Waals surface area contributed by atoms with Crippen molar-refractivity contribution in [2.24, 2.45) is 5.84 Å². The number of aromatic nitrogens is 2. The van der Waals surface area contributed by atoms with Crippen LogP contribution in [-0.4, -0.2) is 51.6 Å². The Morgan fingerprint density at radius 2 is 1.95 bits per heavy atom. The van der Waals surface area contributed by atoms with Crippen molar-refractivity contribution >= 4 is 16.5 Å². The summed E-state index contributed by atoms with van der Waals surface area (Å²) in [4.78, 5) is 5.12. The molecule has 2 aliphatic rings. The zero-order valence-electron chi connectivity index (χ0n) is 11.2. The highest BCUT2D eigenvalue weighted by atomic mass is 32.1. The second kappa shape index (κ2) is 6.13. The Balaban J connectivity index is 1.50. The molecule has 0 unspecified atom stereocenters. The number of nitrogen functional groups attached to an aromatic ring is 1. The number of hydrazine groups is 1. The van der Waals surface area contributed by atoms with Gasteiger partial charge in [-0.25, -0.2) is 5.84 Å². The molecule has 1 aromatic rings. The summed E-state index contributed by atoms with van der Waals surface area (Å²) >= 11 is 1.32. The second-order valence-electron chi connectivity index (χ2n) is 5.44. The summed E-state index contributed by atoms with van der Waals surface area (Å²) in [7, 11) is 0. The summed E-state index contributed by atoms with van der Waals surface area (Å²) in [6.45, 7) is 5.48. The van der Waals surface area contributed by atoms with Gasteiger partial charge >= 0.3 is 0 Å². The van der Waals surface area contributed by atoms with Crippen molar-refractivity contribution < 1.29 is 0 Å². The molecule has 6 nitrogen and oxygen atoms in total. The van der Waals surface area contributed by atoms with E-state index in [0.717, 1.165) is 36.4 Å². The molecule has 0 radical (unpaired) electrons. The summed E-state index contributed by atoms with van der Waals surface area (Å²) in [5, 5.41) is 5.04. The van der Waals surface area contributed by atoms with Crippen LogP contribution < -0.4 is 11.3 Å². The van der Waals surface area contributed by atoms with E-state index >= 15 is 0 Å². The van der Waals surface area contributed by atoms with Crippen molar-refractivity contribution in [1.82, 2.24) is 19.4 Å². The third kappa shape index (κ3) is 3.05. The minimum atomic E-state index is 0.851. The predicted molar refractivity (Wildman–Crippen MR) is 76.8 cm³/mol. The third-order valence-electron chi connectivity index (χ3n) is 4.31. The maximum Gasteiger partial charge on any atom is 0.148 e. The van der Waals surface area contributed by atoms with Crippen LogP contribution in [0.25, 0.3) is 0 Å². The highest BCUT2D eigenvalue weighted by Gasteiger charge is 2.26. The molecule has 3 rings (SSSR count). The fourth-order valence-electron chi connectivity index (χ4n) is 3.19. The maximum atomic E-state index is 5.46. The van der Waals surface area contributed by atoms with Gasteiger partial charge in [0, 0.05) is 50.3 Å². The highest BCUT2D eigenvalue weighted by Crippen LogP contribution is 2.25. The molecule has 1 aliphatic carbocycles. The van der Waals surface area contributed by atoms with Crippen LogP contribution in [0, 0.1) is 0 Å². The van der Waals surface area contributed by atoms with Gasteiger partial charge in [-0.05, 0) is 12.8 Å². The first-order chi connectivity index (χ1) is 9.36. The Hall–Kier alpha value is -0.760. The standard InChI is InChI=1S/C12H22N6S/c13-14-12-11(15-16-19-12)9-17-5-7-18(8-6-17)10-3-1-2-4-10/h10,14H,1-9,13H2. The van der Waals surface area contributed by atoms with Crippen molar-refractivity contribution in [3.05, 3.63) is 5.69 Å². The van der Waals surface area contributed by atoms with Gasteiger partial charge in [0.2, 0.25) is 0 Å². The molecule has 2 fully saturated rings. The van der Waals surface area contributed by atoms with Crippen LogP contribution in [0.2, 0.25) is 0 Å². The summed E-state index contributed by atoms with van der Waals surface area (Å²) in [5.74, 6) is 5.46. The van der Waals surface area contributed by atoms with Gasteiger partial charge in [-0.3, -0.25) is 9.80 Å². The number of rotatable bonds is 4. The van der Waals surface area contributed by atoms with Crippen molar-refractivity contribution in [2.45, 2.75) is 38.3 Å². The van der Waals surface area contributed by atoms with Gasteiger partial charge in [0.05, 0.1) is 0 Å². The zero-order chi connectivity index (χ0) is 13.1. The van der Waals surface area contributed by atoms with Crippen LogP contribution in [0.3, 0.4) is 0 Å². The number of anilines is 1. The van der Waals surface area contributed by atoms with Crippen molar-refractivity contribution in [3.63, 3.8) is 0 Å². The topological polar surface area (TPSA) is 70.3 Å². The molecule has 106 valence electrons. The average molecular weight is 282 g/mol. The average Bonchev–Trinajstić information content (AvgIpc) is 3.10. The Morgan fingerprint density at radius 3 is 2.63 bits per heavy atom. The summed E-state index contributed by atoms with van der Waals surface area (Å²) in [6, 6.07) is 0.851. The lowest BCUT2D eigenvalue weighted by Crippen LogP contribution is -2.49. The molecule has 1 saturated heterocycles. The van der Waals surface area contributed by atoms with E-state index in [9.17, 15) is 0 Å². The van der Waals surface area contributed by atoms with Crippen LogP contribution in [-0.2, 0) is 6.54 Å². The minimum Gasteiger partial charge on any atom is -0.313 e. The van der Waals surface area contributed by atoms with Crippen molar-refractivity contribution in [1.29, 1.82) is 0 Å². The lowest BCUT2D eigenvalue weighted by Gasteiger charge is -2.37. The fourth-order valence-corrected chi connectivity index (χ4v) is 3.67. The van der Waals surface area contributed by atoms with E-state index in [1.54, 1.807) is 0 Å². The molecule has 0 aromatic carbocycles. The van der Waals surface area contributed by atoms with Gasteiger partial charge < -0.3 is 5.43 Å². The Morgan fingerprint density at radius 1 is 1.21 bits per heavy atom. The number of hydrogen-bond donors (Lipinski definition) is 2. The summed E-state index contributed by atoms with van der Waals surface area (Å²) in [5.41, 5.74) is 3.65. The van der Waals surface area contributed by atoms with Gasteiger partial charge in [0.1, 0.15) is 10.7 Å². The van der Waals surface area contributed by atoms with Crippen LogP contribution in [0.4, 0.5) is 5.00 Å². The number of nitrogens with two attached hydrogens (primary N) is 1. The molecule has 0 amide bonds. The molecule has 0 bridgehead atoms. The molecular formula is C12H22N6S. The van der Waals surface area contributed by atoms with Gasteiger partial charge in [0.15, 0.2) is 0 Å². The zero-order valence-corrected chi connectivity index (χ0v) is 12.0. The van der Waals surface area contributed by atoms with Crippen molar-refractivity contribution in [2.75, 3.05) is 31.6 Å². The van der Waals surface area contributed by atoms with E-state index in [2.05, 4.69) is 24.8 Å². The largest absolute Gasteiger partial charge is 0.313 e. The third-order valence-corrected chi connectivity index (χ3v) is 5.01. The van der Waals surface area contributed by atoms with Gasteiger partial charge in [-0.15, -0.1) is 5.10 Å². The van der Waals surface area contributed by atoms with Crippen LogP contribution in [0.5, 0.6) is 0 Å². The first-order valence-electron chi connectivity index (χ1n) is 7.11. The normalized spacial score (nSPS) is 23.0. The molecule has 1 aliphatic heterocycles. The predicted octanol–water partition coefficient (Wildman–Crippen LogP) is 0.884. The van der Waals surface area contributed by atoms with Crippen LogP contribution in [0.15, 0.2) is 0 Å². The number of hydrogen-bond acceptors (Lipinski definition) is 7. The molecule has 1 saturated carbocycles.